The predicted molar refractivity (Wildman–Crippen MR) is 120 cm³/mol. The Morgan fingerprint density at radius 3 is 2.97 bits per heavy atom. The second-order valence-corrected chi connectivity index (χ2v) is 9.68. The number of nitrogens with one attached hydrogen (secondary N) is 1. The van der Waals surface area contributed by atoms with Crippen LogP contribution in [0.1, 0.15) is 40.0 Å². The molecule has 150 valence electrons. The number of hydrogen-bond donors (Lipinski definition) is 1. The number of carbonyl (C=O) groups is 2. The van der Waals surface area contributed by atoms with E-state index in [9.17, 15) is 9.59 Å². The van der Waals surface area contributed by atoms with Crippen molar-refractivity contribution in [3.05, 3.63) is 50.9 Å². The first-order valence-corrected chi connectivity index (χ1v) is 11.3. The van der Waals surface area contributed by atoms with Gasteiger partial charge in [0.2, 0.25) is 11.8 Å². The summed E-state index contributed by atoms with van der Waals surface area (Å²) in [7, 11) is 1.83. The number of nitrogens with zero attached hydrogens (tertiary/aromatic N) is 2. The molecule has 0 spiro atoms. The van der Waals surface area contributed by atoms with Crippen LogP contribution in [0.25, 0.3) is 15.5 Å². The van der Waals surface area contributed by atoms with Gasteiger partial charge in [-0.25, -0.2) is 4.98 Å². The Kier molecular flexibility index (Phi) is 5.52. The lowest BCUT2D eigenvalue weighted by atomic mass is 10.1. The summed E-state index contributed by atoms with van der Waals surface area (Å²) in [5.74, 6) is 0.605. The first kappa shape index (κ1) is 19.8. The Bertz CT molecular complexity index is 1130. The fourth-order valence-electron chi connectivity index (χ4n) is 3.57. The molecule has 0 aliphatic carbocycles. The van der Waals surface area contributed by atoms with Crippen molar-refractivity contribution < 1.29 is 9.59 Å². The number of carbonyl (C=O) groups excluding carboxylic acids is 2. The monoisotopic (exact) mass is 425 g/mol. The van der Waals surface area contributed by atoms with Gasteiger partial charge in [-0.1, -0.05) is 0 Å². The molecule has 3 aromatic rings. The zero-order chi connectivity index (χ0) is 20.5. The molecule has 3 aromatic heterocycles. The Labute approximate surface area is 178 Å². The van der Waals surface area contributed by atoms with Gasteiger partial charge in [-0.15, -0.1) is 22.7 Å². The second-order valence-electron chi connectivity index (χ2n) is 7.44. The molecule has 0 saturated heterocycles. The maximum atomic E-state index is 12.6. The highest BCUT2D eigenvalue weighted by Crippen LogP contribution is 2.38. The van der Waals surface area contributed by atoms with Gasteiger partial charge in [-0.05, 0) is 66.5 Å². The van der Waals surface area contributed by atoms with E-state index in [-0.39, 0.29) is 11.8 Å². The van der Waals surface area contributed by atoms with Gasteiger partial charge in [0, 0.05) is 36.0 Å². The summed E-state index contributed by atoms with van der Waals surface area (Å²) < 4.78 is 1.33. The third-order valence-corrected chi connectivity index (χ3v) is 7.72. The van der Waals surface area contributed by atoms with Crippen molar-refractivity contribution in [3.8, 4) is 0 Å². The predicted octanol–water partition coefficient (Wildman–Crippen LogP) is 4.92. The van der Waals surface area contributed by atoms with Crippen LogP contribution in [0, 0.1) is 13.8 Å². The van der Waals surface area contributed by atoms with E-state index in [0.717, 1.165) is 24.0 Å². The number of aryl methyl sites for hydroxylation is 3. The SMILES string of the molecule is Cc1csc2sc(CN(C)C(=O)C=Cc3cnc4c(c3)CCCC(=O)N4)c(C)c12. The van der Waals surface area contributed by atoms with Crippen LogP contribution in [0.5, 0.6) is 0 Å². The largest absolute Gasteiger partial charge is 0.337 e. The summed E-state index contributed by atoms with van der Waals surface area (Å²) in [5.41, 5.74) is 4.48. The molecule has 0 atom stereocenters. The van der Waals surface area contributed by atoms with Gasteiger partial charge in [0.15, 0.2) is 0 Å². The van der Waals surface area contributed by atoms with E-state index in [1.54, 1.807) is 45.9 Å². The lowest BCUT2D eigenvalue weighted by Gasteiger charge is -2.14. The van der Waals surface area contributed by atoms with Crippen LogP contribution in [-0.2, 0) is 22.6 Å². The summed E-state index contributed by atoms with van der Waals surface area (Å²) >= 11 is 3.55. The number of anilines is 1. The lowest BCUT2D eigenvalue weighted by Crippen LogP contribution is -2.23. The first-order valence-electron chi connectivity index (χ1n) is 9.60. The molecule has 4 rings (SSSR count). The highest BCUT2D eigenvalue weighted by molar-refractivity contribution is 7.37. The number of pyridine rings is 1. The summed E-state index contributed by atoms with van der Waals surface area (Å²) in [4.78, 5) is 31.6. The van der Waals surface area contributed by atoms with Gasteiger partial charge in [-0.3, -0.25) is 9.59 Å². The van der Waals surface area contributed by atoms with Crippen LogP contribution in [0.4, 0.5) is 5.82 Å². The van der Waals surface area contributed by atoms with Crippen LogP contribution >= 0.6 is 22.7 Å². The molecule has 4 heterocycles. The van der Waals surface area contributed by atoms with E-state index in [2.05, 4.69) is 29.5 Å². The molecule has 29 heavy (non-hydrogen) atoms. The first-order chi connectivity index (χ1) is 13.9. The number of likely N-dealkylation sites (N-methyl/N-ethyl adjacent to an activating group) is 1. The summed E-state index contributed by atoms with van der Waals surface area (Å²) in [6.07, 6.45) is 7.22. The quantitative estimate of drug-likeness (QED) is 0.604. The number of hydrogen-bond acceptors (Lipinski definition) is 5. The zero-order valence-electron chi connectivity index (χ0n) is 16.7. The van der Waals surface area contributed by atoms with Crippen molar-refractivity contribution in [1.82, 2.24) is 9.88 Å². The molecule has 1 aliphatic heterocycles. The van der Waals surface area contributed by atoms with Gasteiger partial charge in [0.1, 0.15) is 5.82 Å². The van der Waals surface area contributed by atoms with Crippen molar-refractivity contribution in [2.75, 3.05) is 12.4 Å². The average Bonchev–Trinajstić information content (AvgIpc) is 3.13. The topological polar surface area (TPSA) is 62.3 Å². The third kappa shape index (κ3) is 4.11. The fourth-order valence-corrected chi connectivity index (χ4v) is 6.19. The molecule has 7 heteroatoms. The molecule has 0 bridgehead atoms. The zero-order valence-corrected chi connectivity index (χ0v) is 18.4. The minimum atomic E-state index is -0.0406. The highest BCUT2D eigenvalue weighted by Gasteiger charge is 2.16. The number of aromatic nitrogens is 1. The molecule has 0 radical (unpaired) electrons. The summed E-state index contributed by atoms with van der Waals surface area (Å²) in [6, 6.07) is 2.00. The molecule has 1 N–H and O–H groups in total. The summed E-state index contributed by atoms with van der Waals surface area (Å²) in [5, 5.41) is 6.36. The Hall–Kier alpha value is -2.51. The van der Waals surface area contributed by atoms with Gasteiger partial charge in [0.05, 0.1) is 10.6 Å². The van der Waals surface area contributed by atoms with Crippen LogP contribution in [0.3, 0.4) is 0 Å². The van der Waals surface area contributed by atoms with E-state index < -0.39 is 0 Å². The van der Waals surface area contributed by atoms with Gasteiger partial charge in [0.25, 0.3) is 0 Å². The standard InChI is InChI=1S/C22H23N3O2S2/c1-13-12-28-22-20(13)14(2)17(29-22)11-25(3)19(27)8-7-15-9-16-5-4-6-18(26)24-21(16)23-10-15/h7-10,12H,4-6,11H2,1-3H3,(H,23,24,26). The maximum Gasteiger partial charge on any atom is 0.246 e. The Balaban J connectivity index is 1.45. The number of thiophene rings is 2. The lowest BCUT2D eigenvalue weighted by molar-refractivity contribution is -0.125. The third-order valence-electron chi connectivity index (χ3n) is 5.22. The second kappa shape index (κ2) is 8.08. The van der Waals surface area contributed by atoms with E-state index in [0.29, 0.717) is 18.8 Å². The molecule has 5 nitrogen and oxygen atoms in total. The number of amides is 2. The van der Waals surface area contributed by atoms with E-state index in [1.165, 1.54) is 25.4 Å². The fraction of sp³-hybridized carbons (Fsp3) is 0.318. The molecular weight excluding hydrogens is 402 g/mol. The van der Waals surface area contributed by atoms with Crippen molar-refractivity contribution >= 4 is 55.8 Å². The molecular formula is C22H23N3O2S2. The van der Waals surface area contributed by atoms with E-state index >= 15 is 0 Å². The molecule has 0 fully saturated rings. The molecule has 2 amide bonds. The average molecular weight is 426 g/mol. The minimum absolute atomic E-state index is 0.00951. The normalized spacial score (nSPS) is 14.1. The molecule has 0 unspecified atom stereocenters. The molecule has 0 saturated carbocycles. The molecule has 0 aromatic carbocycles. The van der Waals surface area contributed by atoms with Crippen molar-refractivity contribution in [1.29, 1.82) is 0 Å². The minimum Gasteiger partial charge on any atom is -0.337 e. The summed E-state index contributed by atoms with van der Waals surface area (Å²) in [6.45, 7) is 4.89. The van der Waals surface area contributed by atoms with Crippen molar-refractivity contribution in [3.63, 3.8) is 0 Å². The van der Waals surface area contributed by atoms with Crippen LogP contribution in [0.15, 0.2) is 23.7 Å². The maximum absolute atomic E-state index is 12.6. The van der Waals surface area contributed by atoms with Gasteiger partial charge < -0.3 is 10.2 Å². The van der Waals surface area contributed by atoms with Crippen molar-refractivity contribution in [2.45, 2.75) is 39.7 Å². The van der Waals surface area contributed by atoms with Gasteiger partial charge in [-0.2, -0.15) is 0 Å². The smallest absolute Gasteiger partial charge is 0.246 e. The Morgan fingerprint density at radius 1 is 1.34 bits per heavy atom. The van der Waals surface area contributed by atoms with Crippen LogP contribution in [-0.4, -0.2) is 28.7 Å². The number of fused-ring (bicyclic) bond motifs is 2. The van der Waals surface area contributed by atoms with Gasteiger partial charge >= 0.3 is 0 Å². The van der Waals surface area contributed by atoms with Crippen molar-refractivity contribution in [2.24, 2.45) is 0 Å². The van der Waals surface area contributed by atoms with Crippen LogP contribution < -0.4 is 5.32 Å². The van der Waals surface area contributed by atoms with E-state index in [1.807, 2.05) is 13.1 Å². The highest BCUT2D eigenvalue weighted by atomic mass is 32.2. The Morgan fingerprint density at radius 2 is 2.17 bits per heavy atom. The number of rotatable bonds is 4. The van der Waals surface area contributed by atoms with E-state index in [4.69, 9.17) is 0 Å². The van der Waals surface area contributed by atoms with Crippen LogP contribution in [0.2, 0.25) is 0 Å². The molecule has 1 aliphatic rings.